The standard InChI is InChI=1S/C34H62N2O2/c1-7-10-21-30(29(6)38)33(22-13-11-14-23-33)31(26-37)35-32(18-8-2)36-34(24-15-12-16-25-34)28(5)20-17-19-27(4)9-3/h18,26-28,30-31,35-36H,7-17,19-25H2,1-6H3/b32-18+. The van der Waals surface area contributed by atoms with Crippen LogP contribution in [0.4, 0.5) is 0 Å². The van der Waals surface area contributed by atoms with Crippen LogP contribution in [0.2, 0.25) is 0 Å². The van der Waals surface area contributed by atoms with Crippen LogP contribution in [0.5, 0.6) is 0 Å². The Balaban J connectivity index is 2.31. The van der Waals surface area contributed by atoms with E-state index in [0.29, 0.717) is 5.92 Å². The number of hydrogen-bond donors (Lipinski definition) is 2. The number of rotatable bonds is 18. The number of carbonyl (C=O) groups excluding carboxylic acids is 2. The van der Waals surface area contributed by atoms with E-state index in [-0.39, 0.29) is 28.7 Å². The lowest BCUT2D eigenvalue weighted by atomic mass is 9.59. The van der Waals surface area contributed by atoms with Crippen LogP contribution in [0.25, 0.3) is 0 Å². The molecule has 2 fully saturated rings. The Labute approximate surface area is 236 Å². The fourth-order valence-corrected chi connectivity index (χ4v) is 7.67. The summed E-state index contributed by atoms with van der Waals surface area (Å²) < 4.78 is 0. The molecule has 38 heavy (non-hydrogen) atoms. The van der Waals surface area contributed by atoms with Crippen LogP contribution >= 0.6 is 0 Å². The highest BCUT2D eigenvalue weighted by Gasteiger charge is 2.48. The fourth-order valence-electron chi connectivity index (χ4n) is 7.67. The smallest absolute Gasteiger partial charge is 0.142 e. The van der Waals surface area contributed by atoms with Gasteiger partial charge < -0.3 is 15.4 Å². The number of unbranched alkanes of at least 4 members (excludes halogenated alkanes) is 1. The third kappa shape index (κ3) is 8.85. The number of allylic oxidation sites excluding steroid dienone is 1. The van der Waals surface area contributed by atoms with Crippen LogP contribution in [0.3, 0.4) is 0 Å². The second-order valence-electron chi connectivity index (χ2n) is 13.1. The molecule has 4 atom stereocenters. The van der Waals surface area contributed by atoms with E-state index in [0.717, 1.165) is 69.4 Å². The van der Waals surface area contributed by atoms with E-state index in [2.05, 4.69) is 51.3 Å². The van der Waals surface area contributed by atoms with Gasteiger partial charge in [-0.2, -0.15) is 0 Å². The molecule has 0 aromatic rings. The average molecular weight is 531 g/mol. The molecule has 2 rings (SSSR count). The summed E-state index contributed by atoms with van der Waals surface area (Å²) in [5.74, 6) is 2.64. The van der Waals surface area contributed by atoms with Gasteiger partial charge in [0.15, 0.2) is 0 Å². The minimum atomic E-state index is -0.333. The van der Waals surface area contributed by atoms with Gasteiger partial charge in [-0.25, -0.2) is 0 Å². The first kappa shape index (κ1) is 32.9. The average Bonchev–Trinajstić information content (AvgIpc) is 2.92. The summed E-state index contributed by atoms with van der Waals surface area (Å²) in [6.07, 6.45) is 24.1. The molecular weight excluding hydrogens is 468 g/mol. The molecule has 4 unspecified atom stereocenters. The summed E-state index contributed by atoms with van der Waals surface area (Å²) >= 11 is 0. The minimum absolute atomic E-state index is 0.0450. The van der Waals surface area contributed by atoms with Gasteiger partial charge in [0.25, 0.3) is 0 Å². The fraction of sp³-hybridized carbons (Fsp3) is 0.882. The molecule has 0 spiro atoms. The van der Waals surface area contributed by atoms with Crippen LogP contribution in [-0.4, -0.2) is 23.7 Å². The van der Waals surface area contributed by atoms with Gasteiger partial charge in [-0.1, -0.05) is 105 Å². The zero-order valence-corrected chi connectivity index (χ0v) is 26.0. The van der Waals surface area contributed by atoms with Gasteiger partial charge >= 0.3 is 0 Å². The van der Waals surface area contributed by atoms with Crippen LogP contribution in [0, 0.1) is 23.2 Å². The van der Waals surface area contributed by atoms with Gasteiger partial charge in [-0.05, 0) is 69.8 Å². The van der Waals surface area contributed by atoms with Crippen molar-refractivity contribution in [3.63, 3.8) is 0 Å². The number of Topliss-reactive ketones (excluding diaryl/α,β-unsaturated/α-hetero) is 1. The molecule has 2 aliphatic rings. The van der Waals surface area contributed by atoms with Crippen molar-refractivity contribution in [1.29, 1.82) is 0 Å². The van der Waals surface area contributed by atoms with Crippen molar-refractivity contribution < 1.29 is 9.59 Å². The van der Waals surface area contributed by atoms with E-state index < -0.39 is 0 Å². The second-order valence-corrected chi connectivity index (χ2v) is 13.1. The molecule has 2 saturated carbocycles. The van der Waals surface area contributed by atoms with Crippen molar-refractivity contribution >= 4 is 12.1 Å². The Hall–Kier alpha value is -1.32. The Morgan fingerprint density at radius 2 is 1.50 bits per heavy atom. The molecule has 0 aromatic carbocycles. The van der Waals surface area contributed by atoms with Gasteiger partial charge in [0.1, 0.15) is 12.1 Å². The van der Waals surface area contributed by atoms with E-state index >= 15 is 0 Å². The molecule has 0 saturated heterocycles. The van der Waals surface area contributed by atoms with Crippen molar-refractivity contribution in [1.82, 2.24) is 10.6 Å². The number of nitrogens with one attached hydrogen (secondary N) is 2. The summed E-state index contributed by atoms with van der Waals surface area (Å²) in [5, 5.41) is 7.83. The largest absolute Gasteiger partial charge is 0.366 e. The quantitative estimate of drug-likeness (QED) is 0.174. The highest BCUT2D eigenvalue weighted by molar-refractivity contribution is 5.80. The van der Waals surface area contributed by atoms with Crippen molar-refractivity contribution in [3.8, 4) is 0 Å². The molecule has 0 radical (unpaired) electrons. The van der Waals surface area contributed by atoms with Gasteiger partial charge in [0, 0.05) is 16.9 Å². The zero-order valence-electron chi connectivity index (χ0n) is 26.0. The van der Waals surface area contributed by atoms with Gasteiger partial charge in [0.05, 0.1) is 11.9 Å². The lowest BCUT2D eigenvalue weighted by Gasteiger charge is -2.49. The van der Waals surface area contributed by atoms with Crippen molar-refractivity contribution in [2.45, 2.75) is 169 Å². The molecular formula is C34H62N2O2. The summed E-state index contributed by atoms with van der Waals surface area (Å²) in [5.41, 5.74) is -0.200. The second kappa shape index (κ2) is 16.7. The molecule has 0 bridgehead atoms. The lowest BCUT2D eigenvalue weighted by Crippen LogP contribution is -2.58. The summed E-state index contributed by atoms with van der Waals surface area (Å²) in [7, 11) is 0. The normalized spacial score (nSPS) is 22.6. The van der Waals surface area contributed by atoms with E-state index in [1.165, 1.54) is 64.2 Å². The van der Waals surface area contributed by atoms with Gasteiger partial charge in [-0.3, -0.25) is 4.79 Å². The first-order chi connectivity index (χ1) is 18.3. The summed E-state index contributed by atoms with van der Waals surface area (Å²) in [6, 6.07) is -0.333. The maximum Gasteiger partial charge on any atom is 0.142 e. The van der Waals surface area contributed by atoms with Gasteiger partial charge in [-0.15, -0.1) is 0 Å². The highest BCUT2D eigenvalue weighted by atomic mass is 16.1. The molecule has 0 amide bonds. The molecule has 4 nitrogen and oxygen atoms in total. The van der Waals surface area contributed by atoms with Crippen molar-refractivity contribution in [2.24, 2.45) is 23.2 Å². The Morgan fingerprint density at radius 1 is 0.868 bits per heavy atom. The van der Waals surface area contributed by atoms with E-state index in [1.807, 2.05) is 0 Å². The Bertz CT molecular complexity index is 718. The Kier molecular flexibility index (Phi) is 14.5. The van der Waals surface area contributed by atoms with Crippen molar-refractivity contribution in [2.75, 3.05) is 0 Å². The molecule has 4 heteroatoms. The minimum Gasteiger partial charge on any atom is -0.366 e. The predicted octanol–water partition coefficient (Wildman–Crippen LogP) is 8.89. The number of ketones is 1. The van der Waals surface area contributed by atoms with E-state index in [1.54, 1.807) is 6.92 Å². The maximum absolute atomic E-state index is 13.0. The zero-order chi connectivity index (χ0) is 28.0. The summed E-state index contributed by atoms with van der Waals surface area (Å²) in [4.78, 5) is 25.9. The predicted molar refractivity (Wildman–Crippen MR) is 162 cm³/mol. The van der Waals surface area contributed by atoms with Crippen LogP contribution in [-0.2, 0) is 9.59 Å². The SMILES string of the molecule is CC/C=C(\NC(C=O)C1(C(CCCC)C(C)=O)CCCCC1)NC1(C(C)CCCC(C)CC)CCCCC1. The van der Waals surface area contributed by atoms with Crippen molar-refractivity contribution in [3.05, 3.63) is 11.9 Å². The number of hydrogen-bond acceptors (Lipinski definition) is 4. The number of carbonyl (C=O) groups is 2. The maximum atomic E-state index is 13.0. The third-order valence-electron chi connectivity index (χ3n) is 10.4. The van der Waals surface area contributed by atoms with E-state index in [9.17, 15) is 9.59 Å². The van der Waals surface area contributed by atoms with Crippen LogP contribution in [0.15, 0.2) is 11.9 Å². The highest BCUT2D eigenvalue weighted by Crippen LogP contribution is 2.48. The molecule has 0 heterocycles. The van der Waals surface area contributed by atoms with Gasteiger partial charge in [0.2, 0.25) is 0 Å². The first-order valence-corrected chi connectivity index (χ1v) is 16.5. The van der Waals surface area contributed by atoms with Crippen LogP contribution < -0.4 is 10.6 Å². The topological polar surface area (TPSA) is 58.2 Å². The third-order valence-corrected chi connectivity index (χ3v) is 10.4. The Morgan fingerprint density at radius 3 is 2.03 bits per heavy atom. The number of aldehydes is 1. The molecule has 0 aliphatic heterocycles. The monoisotopic (exact) mass is 530 g/mol. The van der Waals surface area contributed by atoms with Crippen LogP contribution in [0.1, 0.15) is 157 Å². The molecule has 220 valence electrons. The van der Waals surface area contributed by atoms with E-state index in [4.69, 9.17) is 0 Å². The lowest BCUT2D eigenvalue weighted by molar-refractivity contribution is -0.129. The molecule has 0 aromatic heterocycles. The summed E-state index contributed by atoms with van der Waals surface area (Å²) in [6.45, 7) is 13.3. The molecule has 2 aliphatic carbocycles. The first-order valence-electron chi connectivity index (χ1n) is 16.5. The molecule has 2 N–H and O–H groups in total.